The van der Waals surface area contributed by atoms with Gasteiger partial charge in [-0.25, -0.2) is 4.98 Å². The third kappa shape index (κ3) is 4.16. The average Bonchev–Trinajstić information content (AvgIpc) is 2.44. The van der Waals surface area contributed by atoms with Crippen molar-refractivity contribution < 1.29 is 13.2 Å². The van der Waals surface area contributed by atoms with Gasteiger partial charge in [-0.15, -0.1) is 0 Å². The Bertz CT molecular complexity index is 596. The summed E-state index contributed by atoms with van der Waals surface area (Å²) in [4.78, 5) is 6.14. The maximum Gasteiger partial charge on any atom is 0.279 e. The first-order valence-electron chi connectivity index (χ1n) is 7.31. The van der Waals surface area contributed by atoms with E-state index in [0.29, 0.717) is 13.1 Å². The summed E-state index contributed by atoms with van der Waals surface area (Å²) in [7, 11) is 0.228. The third-order valence-electron chi connectivity index (χ3n) is 3.46. The number of morpholine rings is 1. The van der Waals surface area contributed by atoms with E-state index in [2.05, 4.69) is 9.71 Å². The number of rotatable bonds is 5. The van der Waals surface area contributed by atoms with Gasteiger partial charge in [-0.05, 0) is 19.9 Å². The summed E-state index contributed by atoms with van der Waals surface area (Å²) in [5, 5.41) is 0. The van der Waals surface area contributed by atoms with E-state index in [1.54, 1.807) is 12.3 Å². The molecule has 0 spiro atoms. The third-order valence-corrected chi connectivity index (χ3v) is 4.95. The van der Waals surface area contributed by atoms with Gasteiger partial charge in [0, 0.05) is 45.5 Å². The Morgan fingerprint density at radius 1 is 1.36 bits per heavy atom. The van der Waals surface area contributed by atoms with Crippen molar-refractivity contribution in [2.75, 3.05) is 32.1 Å². The van der Waals surface area contributed by atoms with Crippen LogP contribution >= 0.6 is 0 Å². The molecule has 2 atom stereocenters. The highest BCUT2D eigenvalue weighted by Crippen LogP contribution is 2.16. The maximum absolute atomic E-state index is 12.5. The molecular weight excluding hydrogens is 304 g/mol. The Kier molecular flexibility index (Phi) is 5.38. The number of hydrogen-bond donors (Lipinski definition) is 1. The van der Waals surface area contributed by atoms with Gasteiger partial charge in [0.15, 0.2) is 0 Å². The summed E-state index contributed by atoms with van der Waals surface area (Å²) in [5.74, 6) is 0.758. The monoisotopic (exact) mass is 328 g/mol. The van der Waals surface area contributed by atoms with Crippen LogP contribution in [0.3, 0.4) is 0 Å². The fraction of sp³-hybridized carbons (Fsp3) is 0.643. The molecule has 2 heterocycles. The molecule has 1 aromatic heterocycles. The van der Waals surface area contributed by atoms with Crippen molar-refractivity contribution in [3.63, 3.8) is 0 Å². The summed E-state index contributed by atoms with van der Waals surface area (Å²) in [6, 6.07) is 3.67. The van der Waals surface area contributed by atoms with E-state index in [4.69, 9.17) is 4.74 Å². The Morgan fingerprint density at radius 2 is 2.00 bits per heavy atom. The van der Waals surface area contributed by atoms with Gasteiger partial charge in [0.05, 0.1) is 12.2 Å². The van der Waals surface area contributed by atoms with Gasteiger partial charge >= 0.3 is 0 Å². The van der Waals surface area contributed by atoms with Gasteiger partial charge in [-0.1, -0.05) is 6.07 Å². The number of nitrogens with zero attached hydrogens (tertiary/aromatic N) is 3. The minimum Gasteiger partial charge on any atom is -0.373 e. The van der Waals surface area contributed by atoms with Crippen molar-refractivity contribution in [1.29, 1.82) is 0 Å². The molecule has 7 nitrogen and oxygen atoms in total. The molecule has 0 unspecified atom stereocenters. The van der Waals surface area contributed by atoms with Gasteiger partial charge in [-0.2, -0.15) is 17.4 Å². The molecule has 0 bridgehead atoms. The second kappa shape index (κ2) is 6.91. The zero-order valence-electron chi connectivity index (χ0n) is 13.5. The minimum atomic E-state index is -3.53. The van der Waals surface area contributed by atoms with Crippen LogP contribution in [0.15, 0.2) is 18.3 Å². The van der Waals surface area contributed by atoms with Crippen molar-refractivity contribution in [2.24, 2.45) is 0 Å². The van der Waals surface area contributed by atoms with Gasteiger partial charge in [0.1, 0.15) is 5.82 Å². The molecular formula is C14H24N4O3S. The van der Waals surface area contributed by atoms with Crippen molar-refractivity contribution in [3.8, 4) is 0 Å². The summed E-state index contributed by atoms with van der Waals surface area (Å²) < 4.78 is 34.6. The van der Waals surface area contributed by atoms with Crippen molar-refractivity contribution in [2.45, 2.75) is 32.6 Å². The summed E-state index contributed by atoms with van der Waals surface area (Å²) in [6.07, 6.45) is 1.49. The van der Waals surface area contributed by atoms with E-state index in [9.17, 15) is 8.42 Å². The fourth-order valence-corrected chi connectivity index (χ4v) is 3.89. The lowest BCUT2D eigenvalue weighted by molar-refractivity contribution is -0.0444. The molecule has 22 heavy (non-hydrogen) atoms. The van der Waals surface area contributed by atoms with Crippen molar-refractivity contribution in [1.82, 2.24) is 14.0 Å². The zero-order valence-corrected chi connectivity index (χ0v) is 14.3. The second-order valence-corrected chi connectivity index (χ2v) is 7.54. The van der Waals surface area contributed by atoms with Crippen molar-refractivity contribution >= 4 is 16.0 Å². The molecule has 0 amide bonds. The highest BCUT2D eigenvalue weighted by Gasteiger charge is 2.30. The van der Waals surface area contributed by atoms with Gasteiger partial charge in [0.25, 0.3) is 10.2 Å². The van der Waals surface area contributed by atoms with E-state index >= 15 is 0 Å². The Morgan fingerprint density at radius 3 is 2.59 bits per heavy atom. The van der Waals surface area contributed by atoms with E-state index in [1.807, 2.05) is 38.9 Å². The Hall–Kier alpha value is -1.22. The first-order valence-corrected chi connectivity index (χ1v) is 8.75. The van der Waals surface area contributed by atoms with Crippen LogP contribution in [-0.4, -0.2) is 57.1 Å². The summed E-state index contributed by atoms with van der Waals surface area (Å²) in [5.41, 5.74) is 0.838. The first-order chi connectivity index (χ1) is 10.3. The molecule has 1 fully saturated rings. The molecule has 1 aliphatic rings. The highest BCUT2D eigenvalue weighted by molar-refractivity contribution is 7.87. The van der Waals surface area contributed by atoms with Crippen LogP contribution in [0.4, 0.5) is 5.82 Å². The molecule has 2 rings (SSSR count). The molecule has 0 aliphatic carbocycles. The largest absolute Gasteiger partial charge is 0.373 e. The van der Waals surface area contributed by atoms with Gasteiger partial charge < -0.3 is 9.64 Å². The molecule has 0 saturated carbocycles. The summed E-state index contributed by atoms with van der Waals surface area (Å²) in [6.45, 7) is 4.71. The van der Waals surface area contributed by atoms with Gasteiger partial charge in [0.2, 0.25) is 0 Å². The predicted octanol–water partition coefficient (Wildman–Crippen LogP) is 0.591. The van der Waals surface area contributed by atoms with Crippen LogP contribution in [0.25, 0.3) is 0 Å². The predicted molar refractivity (Wildman–Crippen MR) is 85.9 cm³/mol. The number of pyridine rings is 1. The Balaban J connectivity index is 2.07. The lowest BCUT2D eigenvalue weighted by Gasteiger charge is -2.34. The number of hydrogen-bond acceptors (Lipinski definition) is 5. The second-order valence-electron chi connectivity index (χ2n) is 5.78. The maximum atomic E-state index is 12.5. The van der Waals surface area contributed by atoms with E-state index in [-0.39, 0.29) is 18.8 Å². The molecule has 0 aromatic carbocycles. The van der Waals surface area contributed by atoms with Crippen LogP contribution in [0, 0.1) is 0 Å². The van der Waals surface area contributed by atoms with Crippen molar-refractivity contribution in [3.05, 3.63) is 23.9 Å². The lowest BCUT2D eigenvalue weighted by atomic mass is 10.2. The molecule has 8 heteroatoms. The standard InChI is InChI=1S/C14H24N4O3S/c1-11-9-18(10-12(2)21-11)22(19,20)16-8-13-6-5-7-15-14(13)17(3)4/h5-7,11-12,16H,8-10H2,1-4H3/t11-,12-/m1/s1. The average molecular weight is 328 g/mol. The normalized spacial score (nSPS) is 23.5. The van der Waals surface area contributed by atoms with E-state index < -0.39 is 10.2 Å². The quantitative estimate of drug-likeness (QED) is 0.856. The number of nitrogens with one attached hydrogen (secondary N) is 1. The van der Waals surface area contributed by atoms with Crippen LogP contribution < -0.4 is 9.62 Å². The molecule has 1 saturated heterocycles. The number of aromatic nitrogens is 1. The van der Waals surface area contributed by atoms with Crippen LogP contribution in [0.1, 0.15) is 19.4 Å². The van der Waals surface area contributed by atoms with E-state index in [1.165, 1.54) is 4.31 Å². The SMILES string of the molecule is C[C@@H]1CN(S(=O)(=O)NCc2cccnc2N(C)C)C[C@@H](C)O1. The molecule has 1 aromatic rings. The molecule has 1 N–H and O–H groups in total. The molecule has 124 valence electrons. The Labute approximate surface area is 132 Å². The molecule has 1 aliphatic heterocycles. The number of ether oxygens (including phenoxy) is 1. The van der Waals surface area contributed by atoms with Gasteiger partial charge in [-0.3, -0.25) is 0 Å². The number of anilines is 1. The fourth-order valence-electron chi connectivity index (χ4n) is 2.56. The smallest absolute Gasteiger partial charge is 0.279 e. The van der Waals surface area contributed by atoms with Crippen LogP contribution in [0.2, 0.25) is 0 Å². The molecule has 0 radical (unpaired) electrons. The topological polar surface area (TPSA) is 74.8 Å². The zero-order chi connectivity index (χ0) is 16.3. The first kappa shape index (κ1) is 17.1. The summed E-state index contributed by atoms with van der Waals surface area (Å²) >= 11 is 0. The van der Waals surface area contributed by atoms with Crippen LogP contribution in [-0.2, 0) is 21.5 Å². The lowest BCUT2D eigenvalue weighted by Crippen LogP contribution is -2.51. The van der Waals surface area contributed by atoms with E-state index in [0.717, 1.165) is 11.4 Å². The highest BCUT2D eigenvalue weighted by atomic mass is 32.2. The van der Waals surface area contributed by atoms with Crippen LogP contribution in [0.5, 0.6) is 0 Å². The minimum absolute atomic E-state index is 0.101.